The van der Waals surface area contributed by atoms with Crippen LogP contribution in [0.25, 0.3) is 27.8 Å². The van der Waals surface area contributed by atoms with E-state index in [4.69, 9.17) is 11.5 Å². The number of carbonyl (C=O) groups excluding carboxylic acids is 1. The van der Waals surface area contributed by atoms with Gasteiger partial charge in [-0.05, 0) is 36.1 Å². The first-order valence-electron chi connectivity index (χ1n) is 13.2. The van der Waals surface area contributed by atoms with E-state index in [-0.39, 0.29) is 17.0 Å². The van der Waals surface area contributed by atoms with Crippen molar-refractivity contribution in [3.05, 3.63) is 94.3 Å². The lowest BCUT2D eigenvalue weighted by atomic mass is 9.86. The molecule has 196 valence electrons. The molecule has 5 N–H and O–H groups in total. The summed E-state index contributed by atoms with van der Waals surface area (Å²) in [5, 5.41) is 4.16. The van der Waals surface area contributed by atoms with Gasteiger partial charge in [0.25, 0.3) is 11.5 Å². The van der Waals surface area contributed by atoms with E-state index in [0.717, 1.165) is 53.7 Å². The number of para-hydroxylation sites is 1. The maximum atomic E-state index is 13.5. The predicted molar refractivity (Wildman–Crippen MR) is 149 cm³/mol. The molecule has 0 saturated carbocycles. The number of nitrogens with zero attached hydrogens (tertiary/aromatic N) is 5. The normalized spacial score (nSPS) is 17.2. The summed E-state index contributed by atoms with van der Waals surface area (Å²) in [5.41, 5.74) is 17.0. The Kier molecular flexibility index (Phi) is 5.38. The largest absolute Gasteiger partial charge is 0.383 e. The average molecular weight is 521 g/mol. The van der Waals surface area contributed by atoms with E-state index in [9.17, 15) is 9.59 Å². The van der Waals surface area contributed by atoms with Gasteiger partial charge in [-0.3, -0.25) is 14.3 Å². The number of nitrogens with two attached hydrogens (primary N) is 2. The molecule has 2 aliphatic rings. The van der Waals surface area contributed by atoms with Crippen LogP contribution in [0.5, 0.6) is 0 Å². The van der Waals surface area contributed by atoms with Crippen LogP contribution < -0.4 is 22.3 Å². The Morgan fingerprint density at radius 1 is 1.03 bits per heavy atom. The van der Waals surface area contributed by atoms with Crippen LogP contribution in [-0.4, -0.2) is 42.9 Å². The van der Waals surface area contributed by atoms with Crippen molar-refractivity contribution in [2.75, 3.05) is 18.8 Å². The van der Waals surface area contributed by atoms with Gasteiger partial charge in [0.05, 0.1) is 22.8 Å². The highest BCUT2D eigenvalue weighted by atomic mass is 16.2. The number of primary amides is 1. The van der Waals surface area contributed by atoms with Gasteiger partial charge in [0.2, 0.25) is 0 Å². The smallest absolute Gasteiger partial charge is 0.284 e. The number of hydrogen-bond acceptors (Lipinski definition) is 6. The number of nitrogens with one attached hydrogen (secondary N) is 1. The first-order chi connectivity index (χ1) is 19.0. The van der Waals surface area contributed by atoms with Crippen molar-refractivity contribution < 1.29 is 4.79 Å². The van der Waals surface area contributed by atoms with Gasteiger partial charge in [-0.1, -0.05) is 42.5 Å². The van der Waals surface area contributed by atoms with E-state index in [0.29, 0.717) is 29.8 Å². The summed E-state index contributed by atoms with van der Waals surface area (Å²) in [6.07, 6.45) is 5.30. The number of benzene rings is 2. The van der Waals surface area contributed by atoms with Gasteiger partial charge in [0.15, 0.2) is 0 Å². The fraction of sp³-hybridized carbons (Fsp3) is 0.241. The molecule has 3 aromatic heterocycles. The van der Waals surface area contributed by atoms with E-state index in [2.05, 4.69) is 50.3 Å². The van der Waals surface area contributed by atoms with E-state index in [1.54, 1.807) is 4.68 Å². The molecule has 2 aliphatic heterocycles. The number of hydrogen-bond donors (Lipinski definition) is 3. The second kappa shape index (κ2) is 8.95. The van der Waals surface area contributed by atoms with Crippen LogP contribution in [0.3, 0.4) is 0 Å². The minimum atomic E-state index is -0.698. The molecule has 0 radical (unpaired) electrons. The summed E-state index contributed by atoms with van der Waals surface area (Å²) >= 11 is 0. The molecule has 0 bridgehead atoms. The zero-order valence-corrected chi connectivity index (χ0v) is 21.2. The zero-order chi connectivity index (χ0) is 26.7. The van der Waals surface area contributed by atoms with Crippen molar-refractivity contribution in [3.63, 3.8) is 0 Å². The van der Waals surface area contributed by atoms with Gasteiger partial charge in [-0.15, -0.1) is 0 Å². The van der Waals surface area contributed by atoms with Crippen molar-refractivity contribution >= 4 is 22.8 Å². The summed E-state index contributed by atoms with van der Waals surface area (Å²) in [5.74, 6) is -0.380. The van der Waals surface area contributed by atoms with Crippen molar-refractivity contribution in [3.8, 4) is 16.8 Å². The van der Waals surface area contributed by atoms with Crippen LogP contribution >= 0.6 is 0 Å². The molecule has 39 heavy (non-hydrogen) atoms. The quantitative estimate of drug-likeness (QED) is 0.326. The van der Waals surface area contributed by atoms with Crippen LogP contribution in [0, 0.1) is 0 Å². The van der Waals surface area contributed by atoms with Crippen molar-refractivity contribution in [1.82, 2.24) is 29.2 Å². The molecule has 10 nitrogen and oxygen atoms in total. The minimum absolute atomic E-state index is 0.0646. The molecule has 7 rings (SSSR count). The highest BCUT2D eigenvalue weighted by Gasteiger charge is 2.33. The molecule has 0 spiro atoms. The molecule has 10 heteroatoms. The Bertz CT molecular complexity index is 1780. The summed E-state index contributed by atoms with van der Waals surface area (Å²) in [7, 11) is 0. The monoisotopic (exact) mass is 520 g/mol. The molecule has 5 aromatic rings. The van der Waals surface area contributed by atoms with Crippen molar-refractivity contribution in [1.29, 1.82) is 0 Å². The fourth-order valence-electron chi connectivity index (χ4n) is 6.07. The van der Waals surface area contributed by atoms with Gasteiger partial charge in [0.1, 0.15) is 23.4 Å². The number of anilines is 1. The van der Waals surface area contributed by atoms with E-state index in [1.807, 2.05) is 35.0 Å². The van der Waals surface area contributed by atoms with Crippen LogP contribution in [0.15, 0.2) is 71.9 Å². The van der Waals surface area contributed by atoms with E-state index < -0.39 is 5.91 Å². The molecule has 0 aliphatic carbocycles. The minimum Gasteiger partial charge on any atom is -0.383 e. The maximum Gasteiger partial charge on any atom is 0.284 e. The number of aromatic nitrogens is 5. The van der Waals surface area contributed by atoms with Crippen molar-refractivity contribution in [2.24, 2.45) is 5.73 Å². The SMILES string of the molecule is NC(=O)c1c2n(n(-c3ccccc3)c1=O)CCCC2c1ccc(-c2cn(C3CNC3)c3ncnc(N)c23)cc1. The Hall–Kier alpha value is -4.70. The Morgan fingerprint density at radius 2 is 1.79 bits per heavy atom. The molecule has 2 aromatic carbocycles. The molecule has 1 amide bonds. The van der Waals surface area contributed by atoms with Gasteiger partial charge in [-0.2, -0.15) is 0 Å². The Morgan fingerprint density at radius 3 is 2.49 bits per heavy atom. The maximum absolute atomic E-state index is 13.5. The molecule has 1 fully saturated rings. The number of rotatable bonds is 5. The number of carbonyl (C=O) groups is 1. The second-order valence-electron chi connectivity index (χ2n) is 10.2. The summed E-state index contributed by atoms with van der Waals surface area (Å²) in [6, 6.07) is 18.0. The molecular weight excluding hydrogens is 492 g/mol. The first kappa shape index (κ1) is 23.4. The van der Waals surface area contributed by atoms with Gasteiger partial charge in [0, 0.05) is 37.3 Å². The third-order valence-corrected chi connectivity index (χ3v) is 8.04. The first-order valence-corrected chi connectivity index (χ1v) is 13.2. The van der Waals surface area contributed by atoms with Crippen LogP contribution in [-0.2, 0) is 6.54 Å². The lowest BCUT2D eigenvalue weighted by Crippen LogP contribution is -2.43. The highest BCUT2D eigenvalue weighted by molar-refractivity contribution is 6.00. The second-order valence-corrected chi connectivity index (χ2v) is 10.2. The highest BCUT2D eigenvalue weighted by Crippen LogP contribution is 2.38. The number of fused-ring (bicyclic) bond motifs is 2. The van der Waals surface area contributed by atoms with Crippen LogP contribution in [0.1, 0.15) is 46.4 Å². The third-order valence-electron chi connectivity index (χ3n) is 8.04. The topological polar surface area (TPSA) is 139 Å². The molecule has 1 atom stereocenters. The van der Waals surface area contributed by atoms with Crippen LogP contribution in [0.4, 0.5) is 5.82 Å². The third kappa shape index (κ3) is 3.59. The average Bonchev–Trinajstić information content (AvgIpc) is 3.44. The predicted octanol–water partition coefficient (Wildman–Crippen LogP) is 2.80. The Labute approximate surface area is 223 Å². The molecule has 1 unspecified atom stereocenters. The summed E-state index contributed by atoms with van der Waals surface area (Å²) < 4.78 is 5.69. The van der Waals surface area contributed by atoms with E-state index >= 15 is 0 Å². The Balaban J connectivity index is 1.33. The molecular formula is C29H28N8O2. The summed E-state index contributed by atoms with van der Waals surface area (Å²) in [4.78, 5) is 34.8. The molecule has 5 heterocycles. The van der Waals surface area contributed by atoms with Crippen molar-refractivity contribution in [2.45, 2.75) is 31.3 Å². The number of nitrogen functional groups attached to an aromatic ring is 1. The van der Waals surface area contributed by atoms with Gasteiger partial charge >= 0.3 is 0 Å². The number of amides is 1. The van der Waals surface area contributed by atoms with Gasteiger partial charge < -0.3 is 21.4 Å². The summed E-state index contributed by atoms with van der Waals surface area (Å²) in [6.45, 7) is 2.41. The lowest BCUT2D eigenvalue weighted by Gasteiger charge is -2.28. The van der Waals surface area contributed by atoms with Gasteiger partial charge in [-0.25, -0.2) is 14.6 Å². The van der Waals surface area contributed by atoms with Crippen LogP contribution in [0.2, 0.25) is 0 Å². The molecule has 1 saturated heterocycles. The zero-order valence-electron chi connectivity index (χ0n) is 21.2. The standard InChI is InChI=1S/C29H28N8O2/c30-26-23-22(15-35(20-13-32-14-20)28(23)34-16-33-26)18-10-8-17(9-11-18)21-7-4-12-36-25(21)24(27(31)38)29(39)37(36)19-5-2-1-3-6-19/h1-3,5-6,8-11,15-16,20-21,32H,4,7,12-14H2,(H2,31,38)(H2,30,33,34). The fourth-order valence-corrected chi connectivity index (χ4v) is 6.07. The lowest BCUT2D eigenvalue weighted by molar-refractivity contribution is 0.0997. The van der Waals surface area contributed by atoms with E-state index in [1.165, 1.54) is 6.33 Å².